The molecule has 0 radical (unpaired) electrons. The van der Waals surface area contributed by atoms with Crippen LogP contribution in [0.15, 0.2) is 33.8 Å². The van der Waals surface area contributed by atoms with E-state index in [0.29, 0.717) is 31.6 Å². The normalized spacial score (nSPS) is 20.0. The van der Waals surface area contributed by atoms with E-state index in [1.54, 1.807) is 18.0 Å². The molecule has 0 saturated carbocycles. The fourth-order valence-electron chi connectivity index (χ4n) is 4.03. The largest absolute Gasteiger partial charge is 0.465 e. The Morgan fingerprint density at radius 2 is 1.96 bits per heavy atom. The summed E-state index contributed by atoms with van der Waals surface area (Å²) in [6.45, 7) is 5.60. The number of hydrogen-bond acceptors (Lipinski definition) is 6. The molecule has 4 rings (SSSR count). The number of fused-ring (bicyclic) bond motifs is 1. The summed E-state index contributed by atoms with van der Waals surface area (Å²) in [7, 11) is 1.43. The molecule has 0 N–H and O–H groups in total. The number of carbonyl (C=O) groups is 1. The molecule has 1 saturated heterocycles. The number of hydrogen-bond donors (Lipinski definition) is 0. The maximum absolute atomic E-state index is 12.6. The molecule has 2 aromatic rings. The summed E-state index contributed by atoms with van der Waals surface area (Å²) in [6, 6.07) is 5.86. The molecule has 2 aliphatic rings. The van der Waals surface area contributed by atoms with Gasteiger partial charge in [-0.1, -0.05) is 13.8 Å². The van der Waals surface area contributed by atoms with Crippen LogP contribution in [0.3, 0.4) is 0 Å². The quantitative estimate of drug-likeness (QED) is 0.547. The van der Waals surface area contributed by atoms with E-state index in [-0.39, 0.29) is 11.4 Å². The Labute approximate surface area is 169 Å². The summed E-state index contributed by atoms with van der Waals surface area (Å²) in [5.41, 5.74) is 3.74. The Balaban J connectivity index is 1.84. The fraction of sp³-hybridized carbons (Fsp3) is 0.500. The highest BCUT2D eigenvalue weighted by molar-refractivity contribution is 7.98. The minimum Gasteiger partial charge on any atom is -0.465 e. The van der Waals surface area contributed by atoms with Crippen LogP contribution in [0.25, 0.3) is 11.3 Å². The van der Waals surface area contributed by atoms with Gasteiger partial charge in [0.15, 0.2) is 5.79 Å². The summed E-state index contributed by atoms with van der Waals surface area (Å²) in [5.74, 6) is -0.150. The van der Waals surface area contributed by atoms with Gasteiger partial charge in [0.1, 0.15) is 5.76 Å². The van der Waals surface area contributed by atoms with E-state index >= 15 is 0 Å². The predicted octanol–water partition coefficient (Wildman–Crippen LogP) is 4.71. The Morgan fingerprint density at radius 3 is 2.57 bits per heavy atom. The first kappa shape index (κ1) is 19.6. The molecular weight excluding hydrogens is 376 g/mol. The molecule has 2 heterocycles. The van der Waals surface area contributed by atoms with Gasteiger partial charge in [-0.3, -0.25) is 0 Å². The van der Waals surface area contributed by atoms with E-state index in [0.717, 1.165) is 33.8 Å². The van der Waals surface area contributed by atoms with E-state index in [4.69, 9.17) is 18.6 Å². The van der Waals surface area contributed by atoms with Crippen molar-refractivity contribution in [2.45, 2.75) is 43.8 Å². The molecule has 5 nitrogen and oxygen atoms in total. The number of carbonyl (C=O) groups excluding carboxylic acids is 1. The van der Waals surface area contributed by atoms with Crippen molar-refractivity contribution < 1.29 is 23.4 Å². The monoisotopic (exact) mass is 402 g/mol. The molecule has 150 valence electrons. The third-order valence-corrected chi connectivity index (χ3v) is 6.32. The van der Waals surface area contributed by atoms with E-state index in [2.05, 4.69) is 13.8 Å². The van der Waals surface area contributed by atoms with Crippen molar-refractivity contribution in [1.82, 2.24) is 0 Å². The van der Waals surface area contributed by atoms with Crippen molar-refractivity contribution >= 4 is 17.7 Å². The average Bonchev–Trinajstić information content (AvgIpc) is 3.23. The number of esters is 1. The van der Waals surface area contributed by atoms with Crippen LogP contribution in [-0.2, 0) is 27.1 Å². The zero-order chi connectivity index (χ0) is 19.9. The molecule has 1 aliphatic heterocycles. The van der Waals surface area contributed by atoms with Gasteiger partial charge in [-0.05, 0) is 42.0 Å². The van der Waals surface area contributed by atoms with Gasteiger partial charge in [0, 0.05) is 28.7 Å². The predicted molar refractivity (Wildman–Crippen MR) is 108 cm³/mol. The second-order valence-corrected chi connectivity index (χ2v) is 9.10. The van der Waals surface area contributed by atoms with Crippen molar-refractivity contribution in [2.75, 3.05) is 26.6 Å². The van der Waals surface area contributed by atoms with E-state index in [1.807, 2.05) is 24.5 Å². The SMILES string of the molecule is COC(=O)c1c(SC)cc(-c2ccco2)c2c1CCC1(C2)OCC(C)(C)CO1. The van der Waals surface area contributed by atoms with E-state index < -0.39 is 5.79 Å². The van der Waals surface area contributed by atoms with Gasteiger partial charge in [-0.25, -0.2) is 4.79 Å². The van der Waals surface area contributed by atoms with Crippen molar-refractivity contribution in [1.29, 1.82) is 0 Å². The molecule has 1 fully saturated rings. The lowest BCUT2D eigenvalue weighted by Gasteiger charge is -2.46. The Hall–Kier alpha value is -1.76. The first-order valence-electron chi connectivity index (χ1n) is 9.51. The van der Waals surface area contributed by atoms with Gasteiger partial charge in [0.05, 0.1) is 32.2 Å². The minimum atomic E-state index is -0.641. The zero-order valence-electron chi connectivity index (χ0n) is 16.8. The third-order valence-electron chi connectivity index (χ3n) is 5.56. The molecule has 0 amide bonds. The smallest absolute Gasteiger partial charge is 0.339 e. The highest BCUT2D eigenvalue weighted by atomic mass is 32.2. The van der Waals surface area contributed by atoms with Crippen LogP contribution in [0.1, 0.15) is 41.8 Å². The third kappa shape index (κ3) is 3.38. The first-order valence-corrected chi connectivity index (χ1v) is 10.7. The van der Waals surface area contributed by atoms with Crippen LogP contribution in [-0.4, -0.2) is 38.3 Å². The maximum Gasteiger partial charge on any atom is 0.339 e. The maximum atomic E-state index is 12.6. The first-order chi connectivity index (χ1) is 13.4. The van der Waals surface area contributed by atoms with E-state index in [9.17, 15) is 4.79 Å². The summed E-state index contributed by atoms with van der Waals surface area (Å²) in [6.07, 6.45) is 5.65. The van der Waals surface area contributed by atoms with Crippen LogP contribution >= 0.6 is 11.8 Å². The Bertz CT molecular complexity index is 875. The number of furan rings is 1. The number of benzene rings is 1. The standard InChI is InChI=1S/C22H26O5S/c1-21(2)12-26-22(27-13-21)8-7-14-16(11-22)15(17-6-5-9-25-17)10-18(28-4)19(14)20(23)24-3/h5-6,9-10H,7-8,11-13H2,1-4H3. The van der Waals surface area contributed by atoms with Crippen LogP contribution in [0.2, 0.25) is 0 Å². The summed E-state index contributed by atoms with van der Waals surface area (Å²) in [4.78, 5) is 13.5. The lowest BCUT2D eigenvalue weighted by molar-refractivity contribution is -0.302. The van der Waals surface area contributed by atoms with Crippen molar-refractivity contribution in [3.8, 4) is 11.3 Å². The number of thioether (sulfide) groups is 1. The average molecular weight is 403 g/mol. The molecular formula is C22H26O5S. The number of rotatable bonds is 3. The molecule has 0 atom stereocenters. The summed E-state index contributed by atoms with van der Waals surface area (Å²) >= 11 is 1.55. The van der Waals surface area contributed by atoms with Gasteiger partial charge < -0.3 is 18.6 Å². The molecule has 1 aromatic carbocycles. The topological polar surface area (TPSA) is 57.9 Å². The van der Waals surface area contributed by atoms with Gasteiger partial charge in [-0.2, -0.15) is 0 Å². The Kier molecular flexibility index (Phi) is 5.06. The molecule has 0 bridgehead atoms. The number of ether oxygens (including phenoxy) is 3. The second kappa shape index (κ2) is 7.25. The van der Waals surface area contributed by atoms with Crippen molar-refractivity contribution in [2.24, 2.45) is 5.41 Å². The van der Waals surface area contributed by atoms with Gasteiger partial charge in [0.25, 0.3) is 0 Å². The summed E-state index contributed by atoms with van der Waals surface area (Å²) in [5, 5.41) is 0. The fourth-order valence-corrected chi connectivity index (χ4v) is 4.67. The van der Waals surface area contributed by atoms with Crippen LogP contribution in [0.4, 0.5) is 0 Å². The lowest BCUT2D eigenvalue weighted by atomic mass is 9.80. The minimum absolute atomic E-state index is 0.00918. The molecule has 1 aliphatic carbocycles. The molecule has 1 spiro atoms. The van der Waals surface area contributed by atoms with E-state index in [1.165, 1.54) is 7.11 Å². The molecule has 1 aromatic heterocycles. The van der Waals surface area contributed by atoms with Gasteiger partial charge in [0.2, 0.25) is 0 Å². The molecule has 6 heteroatoms. The highest BCUT2D eigenvalue weighted by Gasteiger charge is 2.45. The highest BCUT2D eigenvalue weighted by Crippen LogP contribution is 2.45. The molecule has 0 unspecified atom stereocenters. The van der Waals surface area contributed by atoms with Gasteiger partial charge in [-0.15, -0.1) is 11.8 Å². The molecule has 28 heavy (non-hydrogen) atoms. The van der Waals surface area contributed by atoms with Crippen LogP contribution in [0, 0.1) is 5.41 Å². The van der Waals surface area contributed by atoms with Gasteiger partial charge >= 0.3 is 5.97 Å². The summed E-state index contributed by atoms with van der Waals surface area (Å²) < 4.78 is 23.3. The van der Waals surface area contributed by atoms with Crippen LogP contribution in [0.5, 0.6) is 0 Å². The number of methoxy groups -OCH3 is 1. The van der Waals surface area contributed by atoms with Crippen LogP contribution < -0.4 is 0 Å². The second-order valence-electron chi connectivity index (χ2n) is 8.26. The Morgan fingerprint density at radius 1 is 1.21 bits per heavy atom. The van der Waals surface area contributed by atoms with Crippen molar-refractivity contribution in [3.63, 3.8) is 0 Å². The zero-order valence-corrected chi connectivity index (χ0v) is 17.6. The lowest BCUT2D eigenvalue weighted by Crippen LogP contribution is -2.50. The van der Waals surface area contributed by atoms with Crippen molar-refractivity contribution in [3.05, 3.63) is 41.2 Å².